The molecule has 1 aromatic carbocycles. The Morgan fingerprint density at radius 2 is 2.19 bits per heavy atom. The Labute approximate surface area is 108 Å². The van der Waals surface area contributed by atoms with Crippen LogP contribution in [-0.2, 0) is 0 Å². The van der Waals surface area contributed by atoms with E-state index in [2.05, 4.69) is 5.32 Å². The van der Waals surface area contributed by atoms with Crippen molar-refractivity contribution in [3.63, 3.8) is 0 Å². The van der Waals surface area contributed by atoms with Crippen LogP contribution < -0.4 is 5.32 Å². The molecule has 0 aromatic heterocycles. The second kappa shape index (κ2) is 4.31. The van der Waals surface area contributed by atoms with Gasteiger partial charge in [0.05, 0.1) is 5.56 Å². The van der Waals surface area contributed by atoms with Crippen molar-refractivity contribution in [3.8, 4) is 0 Å². The summed E-state index contributed by atoms with van der Waals surface area (Å²) in [7, 11) is 0. The van der Waals surface area contributed by atoms with Crippen LogP contribution in [0.25, 0.3) is 0 Å². The normalized spacial score (nSPS) is 17.7. The van der Waals surface area contributed by atoms with Crippen LogP contribution in [-0.4, -0.2) is 11.4 Å². The fourth-order valence-corrected chi connectivity index (χ4v) is 2.59. The van der Waals surface area contributed by atoms with Gasteiger partial charge in [0.1, 0.15) is 5.82 Å². The smallest absolute Gasteiger partial charge is 0.255 e. The van der Waals surface area contributed by atoms with Gasteiger partial charge < -0.3 is 5.32 Å². The maximum absolute atomic E-state index is 13.5. The van der Waals surface area contributed by atoms with Crippen LogP contribution in [0.15, 0.2) is 18.2 Å². The van der Waals surface area contributed by atoms with Crippen molar-refractivity contribution in [1.29, 1.82) is 0 Å². The van der Waals surface area contributed by atoms with E-state index in [0.717, 1.165) is 19.3 Å². The fourth-order valence-electron chi connectivity index (χ4n) is 1.88. The lowest BCUT2D eigenvalue weighted by Crippen LogP contribution is -2.51. The highest BCUT2D eigenvalue weighted by molar-refractivity contribution is 14.1. The number of halogens is 2. The van der Waals surface area contributed by atoms with E-state index in [1.165, 1.54) is 6.07 Å². The zero-order chi connectivity index (χ0) is 11.8. The molecule has 0 aliphatic heterocycles. The van der Waals surface area contributed by atoms with E-state index in [-0.39, 0.29) is 17.0 Å². The van der Waals surface area contributed by atoms with E-state index in [9.17, 15) is 9.18 Å². The number of nitrogens with one attached hydrogen (secondary N) is 1. The highest BCUT2D eigenvalue weighted by Gasteiger charge is 2.34. The standard InChI is InChI=1S/C12H13FINO/c1-12(6-3-7-12)15-11(16)10-8(13)4-2-5-9(10)14/h2,4-5H,3,6-7H2,1H3,(H,15,16). The Bertz CT molecular complexity index is 409. The predicted molar refractivity (Wildman–Crippen MR) is 68.8 cm³/mol. The summed E-state index contributed by atoms with van der Waals surface area (Å²) < 4.78 is 14.2. The zero-order valence-corrected chi connectivity index (χ0v) is 11.2. The van der Waals surface area contributed by atoms with Gasteiger partial charge in [-0.15, -0.1) is 0 Å². The monoisotopic (exact) mass is 333 g/mol. The SMILES string of the molecule is CC1(NC(=O)c2c(F)cccc2I)CCC1. The van der Waals surface area contributed by atoms with Crippen molar-refractivity contribution in [2.75, 3.05) is 0 Å². The number of amides is 1. The minimum atomic E-state index is -0.452. The molecule has 2 rings (SSSR count). The highest BCUT2D eigenvalue weighted by atomic mass is 127. The summed E-state index contributed by atoms with van der Waals surface area (Å²) in [6.07, 6.45) is 3.08. The largest absolute Gasteiger partial charge is 0.347 e. The van der Waals surface area contributed by atoms with Crippen molar-refractivity contribution < 1.29 is 9.18 Å². The van der Waals surface area contributed by atoms with Crippen molar-refractivity contribution in [2.24, 2.45) is 0 Å². The van der Waals surface area contributed by atoms with Crippen LogP contribution >= 0.6 is 22.6 Å². The van der Waals surface area contributed by atoms with Gasteiger partial charge in [-0.1, -0.05) is 6.07 Å². The van der Waals surface area contributed by atoms with Crippen LogP contribution in [0.2, 0.25) is 0 Å². The molecular weight excluding hydrogens is 320 g/mol. The maximum atomic E-state index is 13.5. The van der Waals surface area contributed by atoms with Crippen LogP contribution in [0.3, 0.4) is 0 Å². The fraction of sp³-hybridized carbons (Fsp3) is 0.417. The Morgan fingerprint density at radius 3 is 2.69 bits per heavy atom. The topological polar surface area (TPSA) is 29.1 Å². The molecule has 1 N–H and O–H groups in total. The van der Waals surface area contributed by atoms with Crippen LogP contribution in [0.1, 0.15) is 36.5 Å². The van der Waals surface area contributed by atoms with E-state index in [1.807, 2.05) is 29.5 Å². The molecule has 1 saturated carbocycles. The molecule has 2 nitrogen and oxygen atoms in total. The summed E-state index contributed by atoms with van der Waals surface area (Å²) in [6, 6.07) is 4.67. The zero-order valence-electron chi connectivity index (χ0n) is 9.02. The molecule has 1 aromatic rings. The van der Waals surface area contributed by atoms with Crippen LogP contribution in [0.4, 0.5) is 4.39 Å². The predicted octanol–water partition coefficient (Wildman–Crippen LogP) is 3.10. The first-order valence-electron chi connectivity index (χ1n) is 5.28. The summed E-state index contributed by atoms with van der Waals surface area (Å²) in [5.74, 6) is -0.753. The second-order valence-electron chi connectivity index (χ2n) is 4.46. The average Bonchev–Trinajstić information content (AvgIpc) is 2.15. The molecule has 1 amide bonds. The molecule has 0 bridgehead atoms. The van der Waals surface area contributed by atoms with Gasteiger partial charge in [0.2, 0.25) is 0 Å². The van der Waals surface area contributed by atoms with Crippen LogP contribution in [0, 0.1) is 9.39 Å². The number of carbonyl (C=O) groups is 1. The lowest BCUT2D eigenvalue weighted by Gasteiger charge is -2.39. The second-order valence-corrected chi connectivity index (χ2v) is 5.63. The number of rotatable bonds is 2. The Hall–Kier alpha value is -0.650. The van der Waals surface area contributed by atoms with Crippen molar-refractivity contribution in [2.45, 2.75) is 31.7 Å². The molecule has 16 heavy (non-hydrogen) atoms. The van der Waals surface area contributed by atoms with Crippen molar-refractivity contribution in [1.82, 2.24) is 5.32 Å². The van der Waals surface area contributed by atoms with E-state index in [0.29, 0.717) is 3.57 Å². The van der Waals surface area contributed by atoms with E-state index in [1.54, 1.807) is 12.1 Å². The number of hydrogen-bond acceptors (Lipinski definition) is 1. The van der Waals surface area contributed by atoms with Crippen molar-refractivity contribution >= 4 is 28.5 Å². The van der Waals surface area contributed by atoms with Gasteiger partial charge >= 0.3 is 0 Å². The summed E-state index contributed by atoms with van der Waals surface area (Å²) >= 11 is 1.98. The average molecular weight is 333 g/mol. The molecule has 0 unspecified atom stereocenters. The van der Waals surface area contributed by atoms with Crippen molar-refractivity contribution in [3.05, 3.63) is 33.1 Å². The molecule has 0 heterocycles. The number of carbonyl (C=O) groups excluding carboxylic acids is 1. The summed E-state index contributed by atoms with van der Waals surface area (Å²) in [5, 5.41) is 2.91. The summed E-state index contributed by atoms with van der Waals surface area (Å²) in [6.45, 7) is 2.00. The molecule has 1 aliphatic carbocycles. The first-order valence-corrected chi connectivity index (χ1v) is 6.36. The molecule has 0 spiro atoms. The summed E-state index contributed by atoms with van der Waals surface area (Å²) in [5.41, 5.74) is 0.0267. The third kappa shape index (κ3) is 2.21. The van der Waals surface area contributed by atoms with Gasteiger partial charge in [-0.25, -0.2) is 4.39 Å². The Kier molecular flexibility index (Phi) is 3.19. The molecule has 1 aliphatic rings. The maximum Gasteiger partial charge on any atom is 0.255 e. The minimum absolute atomic E-state index is 0.136. The lowest BCUT2D eigenvalue weighted by atomic mass is 9.78. The van der Waals surface area contributed by atoms with Gasteiger partial charge in [-0.3, -0.25) is 4.79 Å². The number of hydrogen-bond donors (Lipinski definition) is 1. The van der Waals surface area contributed by atoms with Gasteiger partial charge in [0.15, 0.2) is 0 Å². The molecule has 4 heteroatoms. The van der Waals surface area contributed by atoms with Gasteiger partial charge in [-0.05, 0) is 60.9 Å². The third-order valence-electron chi connectivity index (χ3n) is 3.06. The quantitative estimate of drug-likeness (QED) is 0.828. The van der Waals surface area contributed by atoms with E-state index < -0.39 is 5.82 Å². The summed E-state index contributed by atoms with van der Waals surface area (Å²) in [4.78, 5) is 11.9. The molecule has 0 radical (unpaired) electrons. The van der Waals surface area contributed by atoms with Gasteiger partial charge in [0, 0.05) is 9.11 Å². The first kappa shape index (κ1) is 11.8. The first-order chi connectivity index (χ1) is 7.52. The van der Waals surface area contributed by atoms with Gasteiger partial charge in [0.25, 0.3) is 5.91 Å². The van der Waals surface area contributed by atoms with E-state index in [4.69, 9.17) is 0 Å². The molecule has 0 saturated heterocycles. The number of benzene rings is 1. The Morgan fingerprint density at radius 1 is 1.50 bits per heavy atom. The minimum Gasteiger partial charge on any atom is -0.347 e. The molecule has 1 fully saturated rings. The third-order valence-corrected chi connectivity index (χ3v) is 3.96. The molecule has 86 valence electrons. The Balaban J connectivity index is 2.20. The molecule has 0 atom stereocenters. The van der Waals surface area contributed by atoms with Gasteiger partial charge in [-0.2, -0.15) is 0 Å². The van der Waals surface area contributed by atoms with E-state index >= 15 is 0 Å². The lowest BCUT2D eigenvalue weighted by molar-refractivity contribution is 0.0845. The molecular formula is C12H13FINO. The van der Waals surface area contributed by atoms with Crippen LogP contribution in [0.5, 0.6) is 0 Å². The highest BCUT2D eigenvalue weighted by Crippen LogP contribution is 2.31.